The van der Waals surface area contributed by atoms with E-state index in [1.165, 1.54) is 10.6 Å². The van der Waals surface area contributed by atoms with E-state index in [-0.39, 0.29) is 11.4 Å². The van der Waals surface area contributed by atoms with E-state index >= 15 is 0 Å². The molecule has 0 unspecified atom stereocenters. The zero-order valence-electron chi connectivity index (χ0n) is 9.38. The number of aryl methyl sites for hydroxylation is 1. The second kappa shape index (κ2) is 4.65. The summed E-state index contributed by atoms with van der Waals surface area (Å²) < 4.78 is 1.51. The highest BCUT2D eigenvalue weighted by Gasteiger charge is 2.16. The van der Waals surface area contributed by atoms with Crippen molar-refractivity contribution in [3.05, 3.63) is 54.4 Å². The van der Waals surface area contributed by atoms with Crippen LogP contribution in [0.5, 0.6) is 5.75 Å². The van der Waals surface area contributed by atoms with Crippen LogP contribution in [0.1, 0.15) is 10.5 Å². The SMILES string of the molecule is C[n+]1cccc([O-])c1C(=O)Nc1ccccc1. The standard InChI is InChI=1S/C13H12N2O2/c1-15-9-5-8-11(16)12(15)13(17)14-10-6-3-2-4-7-10/h2-9H,1H3,(H-,14,16,17). The van der Waals surface area contributed by atoms with E-state index in [9.17, 15) is 9.90 Å². The molecule has 0 fully saturated rings. The van der Waals surface area contributed by atoms with Crippen molar-refractivity contribution in [2.75, 3.05) is 5.32 Å². The van der Waals surface area contributed by atoms with Crippen LogP contribution in [0.3, 0.4) is 0 Å². The van der Waals surface area contributed by atoms with Crippen molar-refractivity contribution in [3.63, 3.8) is 0 Å². The molecule has 17 heavy (non-hydrogen) atoms. The second-order valence-corrected chi connectivity index (χ2v) is 3.65. The molecule has 0 aliphatic heterocycles. The minimum absolute atomic E-state index is 0.122. The van der Waals surface area contributed by atoms with E-state index in [1.54, 1.807) is 31.4 Å². The number of nitrogens with one attached hydrogen (secondary N) is 1. The van der Waals surface area contributed by atoms with Gasteiger partial charge in [0, 0.05) is 11.8 Å². The van der Waals surface area contributed by atoms with Gasteiger partial charge in [-0.05, 0) is 17.9 Å². The quantitative estimate of drug-likeness (QED) is 0.774. The van der Waals surface area contributed by atoms with E-state index in [0.717, 1.165) is 0 Å². The normalized spacial score (nSPS) is 9.94. The van der Waals surface area contributed by atoms with Crippen molar-refractivity contribution < 1.29 is 14.5 Å². The smallest absolute Gasteiger partial charge is 0.319 e. The number of nitrogens with zero attached hydrogens (tertiary/aromatic N) is 1. The predicted molar refractivity (Wildman–Crippen MR) is 61.5 cm³/mol. The molecular weight excluding hydrogens is 216 g/mol. The lowest BCUT2D eigenvalue weighted by molar-refractivity contribution is -0.675. The topological polar surface area (TPSA) is 56.0 Å². The van der Waals surface area contributed by atoms with Gasteiger partial charge in [0.05, 0.1) is 0 Å². The third-order valence-corrected chi connectivity index (χ3v) is 2.39. The molecule has 0 bridgehead atoms. The maximum atomic E-state index is 11.9. The van der Waals surface area contributed by atoms with Gasteiger partial charge in [0.25, 0.3) is 5.69 Å². The fourth-order valence-corrected chi connectivity index (χ4v) is 1.57. The first-order chi connectivity index (χ1) is 8.18. The van der Waals surface area contributed by atoms with Gasteiger partial charge in [0.1, 0.15) is 7.05 Å². The average Bonchev–Trinajstić information content (AvgIpc) is 2.30. The average molecular weight is 228 g/mol. The molecule has 0 saturated heterocycles. The van der Waals surface area contributed by atoms with Crippen molar-refractivity contribution in [1.29, 1.82) is 0 Å². The monoisotopic (exact) mass is 228 g/mol. The summed E-state index contributed by atoms with van der Waals surface area (Å²) in [6.07, 6.45) is 1.67. The highest BCUT2D eigenvalue weighted by Crippen LogP contribution is 2.11. The molecule has 86 valence electrons. The summed E-state index contributed by atoms with van der Waals surface area (Å²) in [7, 11) is 1.67. The summed E-state index contributed by atoms with van der Waals surface area (Å²) in [5.41, 5.74) is 0.789. The molecule has 0 spiro atoms. The molecule has 0 atom stereocenters. The lowest BCUT2D eigenvalue weighted by Gasteiger charge is -2.09. The summed E-state index contributed by atoms with van der Waals surface area (Å²) in [6.45, 7) is 0. The maximum absolute atomic E-state index is 11.9. The van der Waals surface area contributed by atoms with Crippen LogP contribution in [-0.2, 0) is 7.05 Å². The third kappa shape index (κ3) is 2.42. The fraction of sp³-hybridized carbons (Fsp3) is 0.0769. The molecule has 4 nitrogen and oxygen atoms in total. The first kappa shape index (κ1) is 11.1. The van der Waals surface area contributed by atoms with Gasteiger partial charge in [-0.15, -0.1) is 0 Å². The minimum Gasteiger partial charge on any atom is -0.868 e. The molecule has 0 aliphatic carbocycles. The van der Waals surface area contributed by atoms with E-state index in [4.69, 9.17) is 0 Å². The highest BCUT2D eigenvalue weighted by molar-refractivity contribution is 6.03. The van der Waals surface area contributed by atoms with Gasteiger partial charge in [-0.1, -0.05) is 24.3 Å². The van der Waals surface area contributed by atoms with Crippen molar-refractivity contribution in [2.24, 2.45) is 7.05 Å². The van der Waals surface area contributed by atoms with E-state index in [1.807, 2.05) is 18.2 Å². The van der Waals surface area contributed by atoms with Crippen molar-refractivity contribution in [2.45, 2.75) is 0 Å². The summed E-state index contributed by atoms with van der Waals surface area (Å²) in [4.78, 5) is 11.9. The van der Waals surface area contributed by atoms with E-state index < -0.39 is 5.91 Å². The number of anilines is 1. The number of benzene rings is 1. The number of amides is 1. The van der Waals surface area contributed by atoms with Crippen LogP contribution >= 0.6 is 0 Å². The molecule has 0 radical (unpaired) electrons. The van der Waals surface area contributed by atoms with Crippen LogP contribution in [0.25, 0.3) is 0 Å². The number of hydrogen-bond donors (Lipinski definition) is 1. The van der Waals surface area contributed by atoms with Crippen LogP contribution in [0.15, 0.2) is 48.7 Å². The van der Waals surface area contributed by atoms with Crippen molar-refractivity contribution >= 4 is 11.6 Å². The van der Waals surface area contributed by atoms with Gasteiger partial charge >= 0.3 is 5.91 Å². The van der Waals surface area contributed by atoms with Gasteiger partial charge in [0.15, 0.2) is 6.20 Å². The largest absolute Gasteiger partial charge is 0.868 e. The Kier molecular flexibility index (Phi) is 3.05. The van der Waals surface area contributed by atoms with Gasteiger partial charge in [0.2, 0.25) is 0 Å². The van der Waals surface area contributed by atoms with Crippen LogP contribution < -0.4 is 15.0 Å². The molecular formula is C13H12N2O2. The Bertz CT molecular complexity index is 518. The molecule has 2 rings (SSSR count). The highest BCUT2D eigenvalue weighted by atomic mass is 16.3. The number of aromatic nitrogens is 1. The number of hydrogen-bond acceptors (Lipinski definition) is 2. The van der Waals surface area contributed by atoms with Gasteiger partial charge in [-0.2, -0.15) is 4.57 Å². The number of carbonyl (C=O) groups is 1. The number of rotatable bonds is 2. The first-order valence-electron chi connectivity index (χ1n) is 5.20. The molecule has 2 aromatic rings. The van der Waals surface area contributed by atoms with Gasteiger partial charge in [-0.3, -0.25) is 4.79 Å². The predicted octanol–water partition coefficient (Wildman–Crippen LogP) is 0.837. The lowest BCUT2D eigenvalue weighted by atomic mass is 10.2. The van der Waals surface area contributed by atoms with E-state index in [2.05, 4.69) is 5.32 Å². The maximum Gasteiger partial charge on any atom is 0.319 e. The van der Waals surface area contributed by atoms with Crippen LogP contribution in [0, 0.1) is 0 Å². The molecule has 1 aromatic carbocycles. The molecule has 4 heteroatoms. The Morgan fingerprint density at radius 3 is 2.53 bits per heavy atom. The van der Waals surface area contributed by atoms with Crippen molar-refractivity contribution in [1.82, 2.24) is 0 Å². The zero-order chi connectivity index (χ0) is 12.3. The second-order valence-electron chi connectivity index (χ2n) is 3.65. The third-order valence-electron chi connectivity index (χ3n) is 2.39. The number of para-hydroxylation sites is 1. The Morgan fingerprint density at radius 2 is 1.88 bits per heavy atom. The summed E-state index contributed by atoms with van der Waals surface area (Å²) in [5.74, 6) is -0.687. The van der Waals surface area contributed by atoms with Gasteiger partial charge < -0.3 is 10.4 Å². The Morgan fingerprint density at radius 1 is 1.18 bits per heavy atom. The summed E-state index contributed by atoms with van der Waals surface area (Å²) in [5, 5.41) is 14.3. The van der Waals surface area contributed by atoms with Crippen LogP contribution in [0.4, 0.5) is 5.69 Å². The molecule has 1 amide bonds. The molecule has 1 heterocycles. The first-order valence-corrected chi connectivity index (χ1v) is 5.20. The zero-order valence-corrected chi connectivity index (χ0v) is 9.38. The molecule has 1 aromatic heterocycles. The lowest BCUT2D eigenvalue weighted by Crippen LogP contribution is -2.38. The fourth-order valence-electron chi connectivity index (χ4n) is 1.57. The van der Waals surface area contributed by atoms with Crippen molar-refractivity contribution in [3.8, 4) is 5.75 Å². The van der Waals surface area contributed by atoms with Crippen LogP contribution in [0.2, 0.25) is 0 Å². The summed E-state index contributed by atoms with van der Waals surface area (Å²) in [6, 6.07) is 12.0. The molecule has 0 saturated carbocycles. The Hall–Kier alpha value is -2.36. The Balaban J connectivity index is 2.27. The van der Waals surface area contributed by atoms with E-state index in [0.29, 0.717) is 5.69 Å². The molecule has 0 aliphatic rings. The minimum atomic E-state index is -0.399. The molecule has 1 N–H and O–H groups in total. The Labute approximate surface area is 99.2 Å². The summed E-state index contributed by atoms with van der Waals surface area (Å²) >= 11 is 0. The van der Waals surface area contributed by atoms with Crippen LogP contribution in [-0.4, -0.2) is 5.91 Å². The van der Waals surface area contributed by atoms with Gasteiger partial charge in [-0.25, -0.2) is 0 Å². The number of pyridine rings is 1. The number of carbonyl (C=O) groups excluding carboxylic acids is 1.